The number of carboxylic acids is 1. The van der Waals surface area contributed by atoms with Crippen molar-refractivity contribution in [1.29, 1.82) is 0 Å². The van der Waals surface area contributed by atoms with Crippen LogP contribution in [0.15, 0.2) is 82.1 Å². The fraction of sp³-hybridized carbons (Fsp3) is 0.0833. The van der Waals surface area contributed by atoms with Crippen LogP contribution in [0.1, 0.15) is 21.8 Å². The highest BCUT2D eigenvalue weighted by Gasteiger charge is 2.19. The Kier molecular flexibility index (Phi) is 6.33. The highest BCUT2D eigenvalue weighted by Crippen LogP contribution is 2.25. The van der Waals surface area contributed by atoms with E-state index in [1.165, 1.54) is 24.3 Å². The molecule has 4 rings (SSSR count). The zero-order valence-corrected chi connectivity index (χ0v) is 18.7. The zero-order chi connectivity index (χ0) is 24.3. The maximum absolute atomic E-state index is 13.4. The minimum absolute atomic E-state index is 0.115. The summed E-state index contributed by atoms with van der Waals surface area (Å²) in [7, 11) is -4.12. The third kappa shape index (κ3) is 5.07. The lowest BCUT2D eigenvalue weighted by Crippen LogP contribution is -2.15. The molecular weight excluding hydrogens is 463 g/mol. The largest absolute Gasteiger partial charge is 0.487 e. The van der Waals surface area contributed by atoms with Gasteiger partial charge < -0.3 is 14.3 Å². The van der Waals surface area contributed by atoms with Crippen LogP contribution in [0.4, 0.5) is 10.1 Å². The van der Waals surface area contributed by atoms with Crippen molar-refractivity contribution in [2.75, 3.05) is 4.72 Å². The fourth-order valence-corrected chi connectivity index (χ4v) is 4.20. The molecule has 0 aliphatic carbocycles. The molecule has 0 saturated carbocycles. The van der Waals surface area contributed by atoms with Crippen molar-refractivity contribution in [2.24, 2.45) is 0 Å². The number of aryl methyl sites for hydroxylation is 1. The highest BCUT2D eigenvalue weighted by molar-refractivity contribution is 7.92. The van der Waals surface area contributed by atoms with Crippen LogP contribution in [0.5, 0.6) is 5.75 Å². The molecule has 4 aromatic rings. The van der Waals surface area contributed by atoms with Gasteiger partial charge in [0, 0.05) is 5.56 Å². The smallest absolute Gasteiger partial charge is 0.337 e. The van der Waals surface area contributed by atoms with Crippen LogP contribution in [0, 0.1) is 12.7 Å². The number of benzene rings is 3. The second-order valence-corrected chi connectivity index (χ2v) is 8.93. The Morgan fingerprint density at radius 3 is 2.47 bits per heavy atom. The predicted molar refractivity (Wildman–Crippen MR) is 122 cm³/mol. The maximum Gasteiger partial charge on any atom is 0.337 e. The van der Waals surface area contributed by atoms with Gasteiger partial charge in [0.25, 0.3) is 10.0 Å². The molecule has 0 unspecified atom stereocenters. The number of rotatable bonds is 8. The summed E-state index contributed by atoms with van der Waals surface area (Å²) in [6, 6.07) is 17.7. The van der Waals surface area contributed by atoms with E-state index in [1.54, 1.807) is 6.92 Å². The number of halogens is 1. The number of nitrogens with one attached hydrogen (secondary N) is 1. The standard InChI is InChI=1S/C24H19FN2O6S/c1-15-22(26-23(33-15)16-5-3-2-4-6-16)14-32-18-8-10-19(11-9-18)34(30,31)27-21-12-7-17(25)13-20(21)24(28)29/h2-13,27H,14H2,1H3,(H,28,29). The first-order valence-corrected chi connectivity index (χ1v) is 11.5. The number of aromatic carboxylic acids is 1. The number of anilines is 1. The van der Waals surface area contributed by atoms with Crippen LogP contribution in [-0.4, -0.2) is 24.5 Å². The van der Waals surface area contributed by atoms with Gasteiger partial charge in [-0.15, -0.1) is 0 Å². The van der Waals surface area contributed by atoms with E-state index in [-0.39, 0.29) is 17.2 Å². The Balaban J connectivity index is 1.46. The number of hydrogen-bond donors (Lipinski definition) is 2. The van der Waals surface area contributed by atoms with E-state index in [4.69, 9.17) is 9.15 Å². The van der Waals surface area contributed by atoms with Crippen LogP contribution in [-0.2, 0) is 16.6 Å². The third-order valence-electron chi connectivity index (χ3n) is 4.88. The van der Waals surface area contributed by atoms with Crippen LogP contribution in [0.3, 0.4) is 0 Å². The molecule has 0 saturated heterocycles. The number of oxazole rings is 1. The highest BCUT2D eigenvalue weighted by atomic mass is 32.2. The summed E-state index contributed by atoms with van der Waals surface area (Å²) in [6.45, 7) is 1.89. The van der Waals surface area contributed by atoms with Crippen LogP contribution < -0.4 is 9.46 Å². The number of aromatic nitrogens is 1. The van der Waals surface area contributed by atoms with Crippen molar-refractivity contribution in [1.82, 2.24) is 4.98 Å². The van der Waals surface area contributed by atoms with E-state index >= 15 is 0 Å². The van der Waals surface area contributed by atoms with Crippen LogP contribution in [0.2, 0.25) is 0 Å². The molecule has 0 atom stereocenters. The number of carboxylic acid groups (broad SMARTS) is 1. The molecule has 10 heteroatoms. The summed E-state index contributed by atoms with van der Waals surface area (Å²) in [6.07, 6.45) is 0. The molecule has 1 heterocycles. The molecule has 0 aliphatic heterocycles. The summed E-state index contributed by atoms with van der Waals surface area (Å²) < 4.78 is 52.3. The van der Waals surface area contributed by atoms with E-state index in [1.807, 2.05) is 30.3 Å². The Morgan fingerprint density at radius 2 is 1.79 bits per heavy atom. The average Bonchev–Trinajstić information content (AvgIpc) is 3.20. The normalized spacial score (nSPS) is 11.2. The van der Waals surface area contributed by atoms with Gasteiger partial charge in [0.1, 0.15) is 29.6 Å². The minimum atomic E-state index is -4.12. The van der Waals surface area contributed by atoms with E-state index in [0.29, 0.717) is 23.1 Å². The molecule has 1 aromatic heterocycles. The fourth-order valence-electron chi connectivity index (χ4n) is 3.12. The van der Waals surface area contributed by atoms with Crippen molar-refractivity contribution in [2.45, 2.75) is 18.4 Å². The monoisotopic (exact) mass is 482 g/mol. The van der Waals surface area contributed by atoms with E-state index < -0.39 is 27.4 Å². The molecule has 0 aliphatic rings. The van der Waals surface area contributed by atoms with E-state index in [9.17, 15) is 22.7 Å². The van der Waals surface area contributed by atoms with Crippen molar-refractivity contribution < 1.29 is 31.9 Å². The quantitative estimate of drug-likeness (QED) is 0.368. The average molecular weight is 482 g/mol. The summed E-state index contributed by atoms with van der Waals surface area (Å²) >= 11 is 0. The Morgan fingerprint density at radius 1 is 1.09 bits per heavy atom. The molecule has 0 fully saturated rings. The number of carbonyl (C=O) groups is 1. The Bertz CT molecular complexity index is 1430. The van der Waals surface area contributed by atoms with Crippen LogP contribution in [0.25, 0.3) is 11.5 Å². The zero-order valence-electron chi connectivity index (χ0n) is 17.9. The maximum atomic E-state index is 13.4. The molecule has 0 bridgehead atoms. The SMILES string of the molecule is Cc1oc(-c2ccccc2)nc1COc1ccc(S(=O)(=O)Nc2ccc(F)cc2C(=O)O)cc1. The number of sulfonamides is 1. The molecule has 0 radical (unpaired) electrons. The summed E-state index contributed by atoms with van der Waals surface area (Å²) in [5.74, 6) is -0.767. The first kappa shape index (κ1) is 23.0. The van der Waals surface area contributed by atoms with Gasteiger partial charge in [0.05, 0.1) is 16.1 Å². The molecule has 2 N–H and O–H groups in total. The third-order valence-corrected chi connectivity index (χ3v) is 6.26. The molecular formula is C24H19FN2O6S. The number of nitrogens with zero attached hydrogens (tertiary/aromatic N) is 1. The van der Waals surface area contributed by atoms with Crippen molar-refractivity contribution in [3.63, 3.8) is 0 Å². The molecule has 0 spiro atoms. The molecule has 8 nitrogen and oxygen atoms in total. The van der Waals surface area contributed by atoms with Crippen molar-refractivity contribution in [3.8, 4) is 17.2 Å². The van der Waals surface area contributed by atoms with E-state index in [0.717, 1.165) is 23.8 Å². The summed E-state index contributed by atoms with van der Waals surface area (Å²) in [4.78, 5) is 15.6. The summed E-state index contributed by atoms with van der Waals surface area (Å²) in [5, 5.41) is 9.20. The lowest BCUT2D eigenvalue weighted by atomic mass is 10.2. The Hall–Kier alpha value is -4.18. The molecule has 0 amide bonds. The van der Waals surface area contributed by atoms with Gasteiger partial charge in [-0.25, -0.2) is 22.6 Å². The first-order chi connectivity index (χ1) is 16.2. The van der Waals surface area contributed by atoms with Gasteiger partial charge in [-0.2, -0.15) is 0 Å². The van der Waals surface area contributed by atoms with Gasteiger partial charge in [0.15, 0.2) is 0 Å². The van der Waals surface area contributed by atoms with E-state index in [2.05, 4.69) is 9.71 Å². The molecule has 34 heavy (non-hydrogen) atoms. The van der Waals surface area contributed by atoms with Crippen molar-refractivity contribution >= 4 is 21.7 Å². The molecule has 3 aromatic carbocycles. The minimum Gasteiger partial charge on any atom is -0.487 e. The first-order valence-electron chi connectivity index (χ1n) is 10.0. The lowest BCUT2D eigenvalue weighted by molar-refractivity contribution is 0.0697. The van der Waals surface area contributed by atoms with Crippen molar-refractivity contribution in [3.05, 3.63) is 95.6 Å². The number of ether oxygens (including phenoxy) is 1. The lowest BCUT2D eigenvalue weighted by Gasteiger charge is -2.11. The second-order valence-electron chi connectivity index (χ2n) is 7.25. The van der Waals surface area contributed by atoms with Gasteiger partial charge >= 0.3 is 5.97 Å². The topological polar surface area (TPSA) is 119 Å². The van der Waals surface area contributed by atoms with Gasteiger partial charge in [0.2, 0.25) is 5.89 Å². The number of hydrogen-bond acceptors (Lipinski definition) is 6. The predicted octanol–water partition coefficient (Wildman–Crippen LogP) is 4.87. The Labute approximate surface area is 194 Å². The molecule has 174 valence electrons. The second kappa shape index (κ2) is 9.36. The van der Waals surface area contributed by atoms with Gasteiger partial charge in [-0.05, 0) is 61.5 Å². The van der Waals surface area contributed by atoms with Gasteiger partial charge in [-0.3, -0.25) is 4.72 Å². The van der Waals surface area contributed by atoms with Gasteiger partial charge in [-0.1, -0.05) is 18.2 Å². The van der Waals surface area contributed by atoms with Crippen LogP contribution >= 0.6 is 0 Å². The summed E-state index contributed by atoms with van der Waals surface area (Å²) in [5.41, 5.74) is 0.701.